The van der Waals surface area contributed by atoms with Crippen molar-refractivity contribution in [3.8, 4) is 0 Å². The summed E-state index contributed by atoms with van der Waals surface area (Å²) >= 11 is 0.858. The van der Waals surface area contributed by atoms with E-state index in [4.69, 9.17) is 0 Å². The SMILES string of the molecule is CSC(=Nc1c(F)cc(F)cc1F)c1cc([N+](=O)[O-])cc([N+](=O)[O-])c1. The van der Waals surface area contributed by atoms with Gasteiger partial charge < -0.3 is 0 Å². The first-order valence-electron chi connectivity index (χ1n) is 6.44. The van der Waals surface area contributed by atoms with Crippen LogP contribution in [0.5, 0.6) is 0 Å². The van der Waals surface area contributed by atoms with Crippen molar-refractivity contribution in [1.82, 2.24) is 0 Å². The number of nitro benzene ring substituents is 2. The molecule has 0 spiro atoms. The number of non-ortho nitro benzene ring substituents is 2. The molecule has 11 heteroatoms. The molecule has 0 saturated heterocycles. The number of nitro groups is 2. The Balaban J connectivity index is 2.65. The van der Waals surface area contributed by atoms with Gasteiger partial charge in [-0.3, -0.25) is 20.2 Å². The molecule has 0 N–H and O–H groups in total. The van der Waals surface area contributed by atoms with Crippen LogP contribution in [-0.4, -0.2) is 21.1 Å². The molecule has 2 aromatic carbocycles. The summed E-state index contributed by atoms with van der Waals surface area (Å²) in [6.07, 6.45) is 1.46. The van der Waals surface area contributed by atoms with Crippen LogP contribution in [-0.2, 0) is 0 Å². The van der Waals surface area contributed by atoms with Crippen LogP contribution >= 0.6 is 11.8 Å². The number of thioether (sulfide) groups is 1. The second kappa shape index (κ2) is 7.30. The van der Waals surface area contributed by atoms with Crippen molar-refractivity contribution in [1.29, 1.82) is 0 Å². The van der Waals surface area contributed by atoms with Crippen LogP contribution in [0.15, 0.2) is 35.3 Å². The molecule has 0 aliphatic heterocycles. The second-order valence-corrected chi connectivity index (χ2v) is 5.39. The number of aliphatic imine (C=N–C) groups is 1. The summed E-state index contributed by atoms with van der Waals surface area (Å²) in [5, 5.41) is 21.7. The van der Waals surface area contributed by atoms with E-state index in [0.29, 0.717) is 12.1 Å². The quantitative estimate of drug-likeness (QED) is 0.344. The maximum atomic E-state index is 13.7. The molecule has 25 heavy (non-hydrogen) atoms. The summed E-state index contributed by atoms with van der Waals surface area (Å²) in [5.41, 5.74) is -2.03. The van der Waals surface area contributed by atoms with Crippen molar-refractivity contribution < 1.29 is 23.0 Å². The van der Waals surface area contributed by atoms with Gasteiger partial charge in [0, 0.05) is 29.8 Å². The van der Waals surface area contributed by atoms with Gasteiger partial charge in [0.25, 0.3) is 11.4 Å². The first-order valence-corrected chi connectivity index (χ1v) is 7.67. The fourth-order valence-corrected chi connectivity index (χ4v) is 2.44. The summed E-state index contributed by atoms with van der Waals surface area (Å²) in [4.78, 5) is 23.9. The van der Waals surface area contributed by atoms with Crippen LogP contribution in [0.4, 0.5) is 30.2 Å². The molecule has 0 amide bonds. The lowest BCUT2D eigenvalue weighted by Crippen LogP contribution is -2.00. The minimum Gasteiger partial charge on any atom is -0.258 e. The summed E-state index contributed by atoms with van der Waals surface area (Å²) in [6.45, 7) is 0. The van der Waals surface area contributed by atoms with Gasteiger partial charge in [-0.2, -0.15) is 0 Å². The number of hydrogen-bond acceptors (Lipinski definition) is 6. The Labute approximate surface area is 142 Å². The Morgan fingerprint density at radius 3 is 1.84 bits per heavy atom. The van der Waals surface area contributed by atoms with Gasteiger partial charge >= 0.3 is 0 Å². The maximum absolute atomic E-state index is 13.7. The van der Waals surface area contributed by atoms with E-state index in [1.807, 2.05) is 0 Å². The van der Waals surface area contributed by atoms with E-state index in [1.54, 1.807) is 0 Å². The molecule has 0 fully saturated rings. The van der Waals surface area contributed by atoms with Crippen LogP contribution in [0.1, 0.15) is 5.56 Å². The third-order valence-electron chi connectivity index (χ3n) is 2.96. The van der Waals surface area contributed by atoms with Gasteiger partial charge in [0.05, 0.1) is 15.9 Å². The number of nitrogens with zero attached hydrogens (tertiary/aromatic N) is 3. The molecular weight excluding hydrogens is 363 g/mol. The minimum atomic E-state index is -1.27. The van der Waals surface area contributed by atoms with Crippen molar-refractivity contribution in [2.45, 2.75) is 0 Å². The molecule has 0 radical (unpaired) electrons. The Morgan fingerprint density at radius 1 is 0.960 bits per heavy atom. The van der Waals surface area contributed by atoms with Gasteiger partial charge in [0.2, 0.25) is 0 Å². The standard InChI is InChI=1S/C14H8F3N3O4S/c1-25-14(18-13-11(16)4-8(15)5-12(13)17)7-2-9(19(21)22)6-10(3-7)20(23)24/h2-6H,1H3. The lowest BCUT2D eigenvalue weighted by molar-refractivity contribution is -0.394. The van der Waals surface area contributed by atoms with Crippen molar-refractivity contribution in [3.63, 3.8) is 0 Å². The molecule has 0 aliphatic carbocycles. The summed E-state index contributed by atoms with van der Waals surface area (Å²) in [5.74, 6) is -3.68. The summed E-state index contributed by atoms with van der Waals surface area (Å²) in [7, 11) is 0. The zero-order valence-electron chi connectivity index (χ0n) is 12.4. The van der Waals surface area contributed by atoms with Crippen molar-refractivity contribution in [3.05, 3.63) is 73.6 Å². The van der Waals surface area contributed by atoms with Gasteiger partial charge in [-0.1, -0.05) is 0 Å². The first kappa shape index (κ1) is 18.4. The molecule has 130 valence electrons. The Bertz CT molecular complexity index is 850. The monoisotopic (exact) mass is 371 g/mol. The van der Waals surface area contributed by atoms with Gasteiger partial charge in [-0.05, 0) is 6.26 Å². The maximum Gasteiger partial charge on any atom is 0.277 e. The molecular formula is C14H8F3N3O4S. The molecule has 0 bridgehead atoms. The Kier molecular flexibility index (Phi) is 5.37. The topological polar surface area (TPSA) is 98.6 Å². The normalized spacial score (nSPS) is 11.4. The number of halogens is 3. The number of benzene rings is 2. The highest BCUT2D eigenvalue weighted by molar-refractivity contribution is 8.13. The van der Waals surface area contributed by atoms with Gasteiger partial charge in [-0.25, -0.2) is 18.2 Å². The average Bonchev–Trinajstić information content (AvgIpc) is 2.53. The molecule has 2 rings (SSSR count). The molecule has 0 saturated carbocycles. The smallest absolute Gasteiger partial charge is 0.258 e. The van der Waals surface area contributed by atoms with Crippen LogP contribution < -0.4 is 0 Å². The van der Waals surface area contributed by atoms with Gasteiger partial charge in [-0.15, -0.1) is 11.8 Å². The van der Waals surface area contributed by atoms with Gasteiger partial charge in [0.1, 0.15) is 16.5 Å². The summed E-state index contributed by atoms with van der Waals surface area (Å²) in [6, 6.07) is 3.58. The summed E-state index contributed by atoms with van der Waals surface area (Å²) < 4.78 is 40.4. The molecule has 0 heterocycles. The molecule has 2 aromatic rings. The van der Waals surface area contributed by atoms with E-state index in [1.165, 1.54) is 6.26 Å². The molecule has 0 aromatic heterocycles. The highest BCUT2D eigenvalue weighted by Gasteiger charge is 2.20. The third-order valence-corrected chi connectivity index (χ3v) is 3.67. The number of hydrogen-bond donors (Lipinski definition) is 0. The molecule has 0 unspecified atom stereocenters. The molecule has 0 atom stereocenters. The van der Waals surface area contributed by atoms with E-state index >= 15 is 0 Å². The lowest BCUT2D eigenvalue weighted by Gasteiger charge is -2.06. The fourth-order valence-electron chi connectivity index (χ4n) is 1.90. The van der Waals surface area contributed by atoms with Crippen molar-refractivity contribution >= 4 is 33.9 Å². The predicted octanol–water partition coefficient (Wildman–Crippen LogP) is 4.36. The highest BCUT2D eigenvalue weighted by atomic mass is 32.2. The zero-order valence-corrected chi connectivity index (χ0v) is 13.2. The third kappa shape index (κ3) is 4.12. The van der Waals surface area contributed by atoms with E-state index in [9.17, 15) is 33.4 Å². The minimum absolute atomic E-state index is 0.0727. The highest BCUT2D eigenvalue weighted by Crippen LogP contribution is 2.29. The van der Waals surface area contributed by atoms with E-state index < -0.39 is 44.4 Å². The van der Waals surface area contributed by atoms with Crippen molar-refractivity contribution in [2.75, 3.05) is 6.26 Å². The first-order chi connectivity index (χ1) is 11.7. The Hall–Kier alpha value is -2.95. The van der Waals surface area contributed by atoms with Crippen molar-refractivity contribution in [2.24, 2.45) is 4.99 Å². The fraction of sp³-hybridized carbons (Fsp3) is 0.0714. The van der Waals surface area contributed by atoms with E-state index in [2.05, 4.69) is 4.99 Å². The van der Waals surface area contributed by atoms with Crippen LogP contribution in [0.2, 0.25) is 0 Å². The van der Waals surface area contributed by atoms with E-state index in [0.717, 1.165) is 30.0 Å². The van der Waals surface area contributed by atoms with Crippen LogP contribution in [0.3, 0.4) is 0 Å². The predicted molar refractivity (Wildman–Crippen MR) is 85.8 cm³/mol. The lowest BCUT2D eigenvalue weighted by atomic mass is 10.2. The van der Waals surface area contributed by atoms with Crippen LogP contribution in [0.25, 0.3) is 0 Å². The van der Waals surface area contributed by atoms with E-state index in [-0.39, 0.29) is 10.6 Å². The van der Waals surface area contributed by atoms with Crippen LogP contribution in [0, 0.1) is 37.7 Å². The second-order valence-electron chi connectivity index (χ2n) is 4.59. The number of rotatable bonds is 4. The molecule has 7 nitrogen and oxygen atoms in total. The largest absolute Gasteiger partial charge is 0.277 e. The van der Waals surface area contributed by atoms with Gasteiger partial charge in [0.15, 0.2) is 11.6 Å². The molecule has 0 aliphatic rings. The average molecular weight is 371 g/mol. The zero-order chi connectivity index (χ0) is 18.7. The Morgan fingerprint density at radius 2 is 1.44 bits per heavy atom.